The molecule has 2 amide bonds. The van der Waals surface area contributed by atoms with Crippen molar-refractivity contribution < 1.29 is 9.59 Å². The number of hydrogen-bond acceptors (Lipinski definition) is 2. The van der Waals surface area contributed by atoms with Crippen LogP contribution in [-0.4, -0.2) is 11.8 Å². The monoisotopic (exact) mass is 809 g/mol. The van der Waals surface area contributed by atoms with Crippen LogP contribution in [0.4, 0.5) is 0 Å². The third-order valence-corrected chi connectivity index (χ3v) is 12.4. The predicted octanol–water partition coefficient (Wildman–Crippen LogP) is 16.5. The highest BCUT2D eigenvalue weighted by Gasteiger charge is 2.09. The predicted molar refractivity (Wildman–Crippen MR) is 255 cm³/mol. The van der Waals surface area contributed by atoms with E-state index in [2.05, 4.69) is 30.6 Å². The zero-order valence-corrected chi connectivity index (χ0v) is 39.1. The summed E-state index contributed by atoms with van der Waals surface area (Å²) in [6.45, 7) is 2.28. The first-order chi connectivity index (χ1) is 28.6. The first-order valence-electron chi connectivity index (χ1n) is 26.1. The number of carbonyl (C=O) groups is 2. The normalized spacial score (nSPS) is 11.1. The van der Waals surface area contributed by atoms with E-state index in [1.807, 2.05) is 0 Å². The van der Waals surface area contributed by atoms with Crippen molar-refractivity contribution in [3.63, 3.8) is 0 Å². The van der Waals surface area contributed by atoms with Crippen LogP contribution in [0, 0.1) is 29.6 Å². The van der Waals surface area contributed by atoms with Crippen LogP contribution in [0.2, 0.25) is 0 Å². The van der Waals surface area contributed by atoms with E-state index in [4.69, 9.17) is 11.5 Å². The fourth-order valence-corrected chi connectivity index (χ4v) is 8.52. The minimum atomic E-state index is -0.154. The Morgan fingerprint density at radius 3 is 0.810 bits per heavy atom. The summed E-state index contributed by atoms with van der Waals surface area (Å²) in [6, 6.07) is 0. The molecule has 0 aliphatic heterocycles. The Morgan fingerprint density at radius 1 is 0.328 bits per heavy atom. The number of nitrogens with two attached hydrogens (primary N) is 2. The zero-order valence-electron chi connectivity index (χ0n) is 39.1. The van der Waals surface area contributed by atoms with E-state index in [-0.39, 0.29) is 11.8 Å². The molecular weight excluding hydrogens is 709 g/mol. The van der Waals surface area contributed by atoms with Crippen molar-refractivity contribution in [3.8, 4) is 23.7 Å². The molecule has 338 valence electrons. The Hall–Kier alpha value is -1.94. The average Bonchev–Trinajstić information content (AvgIpc) is 3.21. The number of amides is 2. The van der Waals surface area contributed by atoms with E-state index >= 15 is 0 Å². The molecule has 0 aromatic carbocycles. The van der Waals surface area contributed by atoms with Crippen molar-refractivity contribution in [2.75, 3.05) is 0 Å². The van der Waals surface area contributed by atoms with E-state index in [0.717, 1.165) is 44.4 Å². The summed E-state index contributed by atoms with van der Waals surface area (Å²) in [4.78, 5) is 21.7. The van der Waals surface area contributed by atoms with Gasteiger partial charge in [-0.25, -0.2) is 0 Å². The fourth-order valence-electron chi connectivity index (χ4n) is 8.52. The number of hydrogen-bond donors (Lipinski definition) is 2. The smallest absolute Gasteiger partial charge is 0.217 e. The highest BCUT2D eigenvalue weighted by molar-refractivity contribution is 5.73. The van der Waals surface area contributed by atoms with E-state index in [1.54, 1.807) is 0 Å². The minimum Gasteiger partial charge on any atom is -0.370 e. The molecule has 0 radical (unpaired) electrons. The molecule has 0 aliphatic rings. The van der Waals surface area contributed by atoms with Crippen molar-refractivity contribution in [2.24, 2.45) is 17.4 Å². The molecule has 0 heterocycles. The van der Waals surface area contributed by atoms with Gasteiger partial charge < -0.3 is 11.5 Å². The molecule has 0 fully saturated rings. The quantitative estimate of drug-likeness (QED) is 0.0474. The van der Waals surface area contributed by atoms with Gasteiger partial charge in [0, 0.05) is 25.7 Å². The van der Waals surface area contributed by atoms with Crippen molar-refractivity contribution in [2.45, 2.75) is 302 Å². The van der Waals surface area contributed by atoms with Gasteiger partial charge in [-0.1, -0.05) is 263 Å². The van der Waals surface area contributed by atoms with Gasteiger partial charge in [0.15, 0.2) is 0 Å². The van der Waals surface area contributed by atoms with Gasteiger partial charge in [-0.2, -0.15) is 0 Å². The van der Waals surface area contributed by atoms with Crippen LogP contribution in [-0.2, 0) is 9.59 Å². The zero-order chi connectivity index (χ0) is 42.1. The van der Waals surface area contributed by atoms with Crippen molar-refractivity contribution in [1.29, 1.82) is 0 Å². The molecule has 4 heteroatoms. The number of carbonyl (C=O) groups excluding carboxylic acids is 2. The van der Waals surface area contributed by atoms with Crippen LogP contribution in [0.15, 0.2) is 0 Å². The molecule has 4 N–H and O–H groups in total. The first kappa shape index (κ1) is 56.1. The molecule has 0 bridgehead atoms. The summed E-state index contributed by atoms with van der Waals surface area (Å²) < 4.78 is 0. The van der Waals surface area contributed by atoms with Crippen LogP contribution in [0.3, 0.4) is 0 Å². The minimum absolute atomic E-state index is 0.154. The lowest BCUT2D eigenvalue weighted by molar-refractivity contribution is -0.119. The summed E-state index contributed by atoms with van der Waals surface area (Å²) in [5.74, 6) is 13.4. The van der Waals surface area contributed by atoms with Gasteiger partial charge in [-0.3, -0.25) is 9.59 Å². The summed E-state index contributed by atoms with van der Waals surface area (Å²) in [6.07, 6.45) is 59.9. The van der Waals surface area contributed by atoms with Gasteiger partial charge >= 0.3 is 0 Å². The van der Waals surface area contributed by atoms with E-state index in [0.29, 0.717) is 12.8 Å². The maximum absolute atomic E-state index is 10.8. The van der Waals surface area contributed by atoms with Gasteiger partial charge in [0.25, 0.3) is 0 Å². The second-order valence-electron chi connectivity index (χ2n) is 18.2. The lowest BCUT2D eigenvalue weighted by atomic mass is 9.89. The fraction of sp³-hybridized carbons (Fsp3) is 0.889. The van der Waals surface area contributed by atoms with E-state index in [1.165, 1.54) is 244 Å². The van der Waals surface area contributed by atoms with E-state index in [9.17, 15) is 9.59 Å². The Morgan fingerprint density at radius 2 is 0.552 bits per heavy atom. The summed E-state index contributed by atoms with van der Waals surface area (Å²) in [5.41, 5.74) is 10.5. The topological polar surface area (TPSA) is 86.2 Å². The molecule has 4 nitrogen and oxygen atoms in total. The van der Waals surface area contributed by atoms with Gasteiger partial charge in [0.2, 0.25) is 11.8 Å². The summed E-state index contributed by atoms with van der Waals surface area (Å²) in [5, 5.41) is 0. The lowest BCUT2D eigenvalue weighted by Crippen LogP contribution is -2.09. The molecule has 0 saturated heterocycles. The Kier molecular flexibility index (Phi) is 47.8. The molecule has 0 aliphatic carbocycles. The molecule has 0 atom stereocenters. The van der Waals surface area contributed by atoms with Gasteiger partial charge in [0.1, 0.15) is 0 Å². The lowest BCUT2D eigenvalue weighted by Gasteiger charge is -2.17. The highest BCUT2D eigenvalue weighted by atomic mass is 16.1. The molecule has 58 heavy (non-hydrogen) atoms. The maximum atomic E-state index is 10.8. The van der Waals surface area contributed by atoms with Crippen LogP contribution < -0.4 is 11.5 Å². The Bertz CT molecular complexity index is 940. The Labute approximate surface area is 363 Å². The number of primary amides is 2. The average molecular weight is 809 g/mol. The van der Waals surface area contributed by atoms with Gasteiger partial charge in [0.05, 0.1) is 0 Å². The Balaban J connectivity index is 4.07. The number of rotatable bonds is 47. The van der Waals surface area contributed by atoms with Crippen LogP contribution in [0.5, 0.6) is 0 Å². The van der Waals surface area contributed by atoms with Crippen molar-refractivity contribution >= 4 is 11.8 Å². The first-order valence-corrected chi connectivity index (χ1v) is 26.1. The third-order valence-electron chi connectivity index (χ3n) is 12.4. The molecule has 0 rings (SSSR count). The summed E-state index contributed by atoms with van der Waals surface area (Å²) >= 11 is 0. The second kappa shape index (κ2) is 49.4. The van der Waals surface area contributed by atoms with Crippen LogP contribution >= 0.6 is 0 Å². The maximum Gasteiger partial charge on any atom is 0.217 e. The van der Waals surface area contributed by atoms with Crippen LogP contribution in [0.25, 0.3) is 0 Å². The van der Waals surface area contributed by atoms with Gasteiger partial charge in [-0.15, -0.1) is 0 Å². The van der Waals surface area contributed by atoms with E-state index < -0.39 is 0 Å². The van der Waals surface area contributed by atoms with Crippen LogP contribution in [0.1, 0.15) is 302 Å². The van der Waals surface area contributed by atoms with Gasteiger partial charge in [-0.05, 0) is 43.4 Å². The number of unbranched alkanes of at least 4 members (excludes halogenated alkanes) is 37. The highest BCUT2D eigenvalue weighted by Crippen LogP contribution is 2.25. The molecule has 0 aromatic rings. The molecule has 0 unspecified atom stereocenters. The molecule has 0 saturated carbocycles. The molecule has 0 aromatic heterocycles. The van der Waals surface area contributed by atoms with Crippen molar-refractivity contribution in [1.82, 2.24) is 0 Å². The van der Waals surface area contributed by atoms with Crippen molar-refractivity contribution in [3.05, 3.63) is 0 Å². The molecule has 0 spiro atoms. The molecular formula is C54H100N2O2. The summed E-state index contributed by atoms with van der Waals surface area (Å²) in [7, 11) is 0. The standard InChI is InChI=1S/C54H100N2O2/c1-2-3-4-5-6-7-8-9-10-11-12-13-14-17-22-27-32-37-42-47-52(48-43-38-33-28-23-18-15-20-25-30-35-40-45-50-53(55)57)49-44-39-34-29-24-19-16-21-26-31-36-41-46-51-54(56)58/h52H,2-9,14-51H2,1H3,(H2,55,57)(H2,56,58). The third kappa shape index (κ3) is 50.2. The largest absolute Gasteiger partial charge is 0.370 e. The second-order valence-corrected chi connectivity index (χ2v) is 18.2. The SMILES string of the molecule is CCCCCCCCCC#CC#CCCCCCCCCC(CCCCCCCCCCCCCCCC(N)=O)CCCCCCCCCCCCCCCC(N)=O.